The standard InChI is InChI=1S/C15H10FN3OS/c16-11-5-3-10(4-6-11)12-7-8-17-15(18-12)19-14(20)13-2-1-9-21-13/h1-9H,(H,17,18,19,20). The summed E-state index contributed by atoms with van der Waals surface area (Å²) in [7, 11) is 0. The zero-order chi connectivity index (χ0) is 14.7. The molecular formula is C15H10FN3OS. The van der Waals surface area contributed by atoms with Crippen LogP contribution in [0, 0.1) is 5.82 Å². The Morgan fingerprint density at radius 3 is 2.67 bits per heavy atom. The van der Waals surface area contributed by atoms with Crippen molar-refractivity contribution in [1.29, 1.82) is 0 Å². The minimum atomic E-state index is -0.306. The van der Waals surface area contributed by atoms with Crippen LogP contribution in [0.1, 0.15) is 9.67 Å². The van der Waals surface area contributed by atoms with Gasteiger partial charge < -0.3 is 0 Å². The maximum atomic E-state index is 12.9. The van der Waals surface area contributed by atoms with Gasteiger partial charge >= 0.3 is 0 Å². The van der Waals surface area contributed by atoms with Gasteiger partial charge in [0.05, 0.1) is 10.6 Å². The van der Waals surface area contributed by atoms with E-state index in [-0.39, 0.29) is 17.7 Å². The van der Waals surface area contributed by atoms with Gasteiger partial charge in [0.1, 0.15) is 5.82 Å². The Balaban J connectivity index is 1.83. The number of aromatic nitrogens is 2. The molecule has 21 heavy (non-hydrogen) atoms. The lowest BCUT2D eigenvalue weighted by Gasteiger charge is -2.05. The highest BCUT2D eigenvalue weighted by Crippen LogP contribution is 2.18. The third kappa shape index (κ3) is 3.11. The molecule has 104 valence electrons. The van der Waals surface area contributed by atoms with Gasteiger partial charge in [-0.1, -0.05) is 6.07 Å². The number of benzene rings is 1. The summed E-state index contributed by atoms with van der Waals surface area (Å²) in [5.74, 6) is -0.337. The van der Waals surface area contributed by atoms with Crippen LogP contribution in [-0.2, 0) is 0 Å². The Morgan fingerprint density at radius 2 is 1.95 bits per heavy atom. The van der Waals surface area contributed by atoms with E-state index in [1.165, 1.54) is 23.5 Å². The quantitative estimate of drug-likeness (QED) is 0.804. The molecule has 0 spiro atoms. The summed E-state index contributed by atoms with van der Waals surface area (Å²) in [5, 5.41) is 4.47. The van der Waals surface area contributed by atoms with Crippen molar-refractivity contribution in [3.8, 4) is 11.3 Å². The van der Waals surface area contributed by atoms with E-state index in [0.717, 1.165) is 5.56 Å². The van der Waals surface area contributed by atoms with Gasteiger partial charge in [-0.3, -0.25) is 10.1 Å². The van der Waals surface area contributed by atoms with Gasteiger partial charge in [0.15, 0.2) is 0 Å². The fraction of sp³-hybridized carbons (Fsp3) is 0. The van der Waals surface area contributed by atoms with E-state index >= 15 is 0 Å². The van der Waals surface area contributed by atoms with Crippen molar-refractivity contribution in [2.45, 2.75) is 0 Å². The minimum Gasteiger partial charge on any atom is -0.290 e. The van der Waals surface area contributed by atoms with E-state index in [1.807, 2.05) is 5.38 Å². The van der Waals surface area contributed by atoms with Gasteiger partial charge in [0.2, 0.25) is 5.95 Å². The number of hydrogen-bond acceptors (Lipinski definition) is 4. The van der Waals surface area contributed by atoms with Crippen molar-refractivity contribution in [3.05, 3.63) is 64.7 Å². The second-order valence-electron chi connectivity index (χ2n) is 4.20. The summed E-state index contributed by atoms with van der Waals surface area (Å²) >= 11 is 1.34. The third-order valence-corrected chi connectivity index (χ3v) is 3.63. The molecule has 1 aromatic carbocycles. The first-order valence-corrected chi connectivity index (χ1v) is 7.04. The highest BCUT2D eigenvalue weighted by Gasteiger charge is 2.09. The normalized spacial score (nSPS) is 10.3. The van der Waals surface area contributed by atoms with Gasteiger partial charge in [0, 0.05) is 11.8 Å². The molecule has 6 heteroatoms. The molecule has 4 nitrogen and oxygen atoms in total. The third-order valence-electron chi connectivity index (χ3n) is 2.77. The molecule has 0 saturated carbocycles. The molecular weight excluding hydrogens is 289 g/mol. The van der Waals surface area contributed by atoms with Crippen molar-refractivity contribution in [2.24, 2.45) is 0 Å². The van der Waals surface area contributed by atoms with Crippen LogP contribution in [0.3, 0.4) is 0 Å². The first kappa shape index (κ1) is 13.4. The highest BCUT2D eigenvalue weighted by molar-refractivity contribution is 7.12. The van der Waals surface area contributed by atoms with Crippen LogP contribution in [0.4, 0.5) is 10.3 Å². The Bertz CT molecular complexity index is 757. The summed E-state index contributed by atoms with van der Waals surface area (Å²) in [6.45, 7) is 0. The van der Waals surface area contributed by atoms with Gasteiger partial charge in [0.25, 0.3) is 5.91 Å². The molecule has 2 heterocycles. The average Bonchev–Trinajstić information content (AvgIpc) is 3.02. The molecule has 2 aromatic heterocycles. The molecule has 0 radical (unpaired) electrons. The molecule has 0 unspecified atom stereocenters. The lowest BCUT2D eigenvalue weighted by atomic mass is 10.1. The number of carbonyl (C=O) groups excluding carboxylic acids is 1. The van der Waals surface area contributed by atoms with Crippen molar-refractivity contribution < 1.29 is 9.18 Å². The van der Waals surface area contributed by atoms with E-state index in [4.69, 9.17) is 0 Å². The fourth-order valence-electron chi connectivity index (χ4n) is 1.77. The first-order chi connectivity index (χ1) is 10.2. The predicted molar refractivity (Wildman–Crippen MR) is 79.7 cm³/mol. The van der Waals surface area contributed by atoms with Gasteiger partial charge in [-0.05, 0) is 41.8 Å². The van der Waals surface area contributed by atoms with Crippen LogP contribution in [0.25, 0.3) is 11.3 Å². The predicted octanol–water partition coefficient (Wildman–Crippen LogP) is 3.60. The lowest BCUT2D eigenvalue weighted by Crippen LogP contribution is -2.12. The number of halogens is 1. The molecule has 1 amide bonds. The SMILES string of the molecule is O=C(Nc1nccc(-c2ccc(F)cc2)n1)c1cccs1. The number of nitrogens with zero attached hydrogens (tertiary/aromatic N) is 2. The van der Waals surface area contributed by atoms with Gasteiger partial charge in [-0.15, -0.1) is 11.3 Å². The number of amides is 1. The Morgan fingerprint density at radius 1 is 1.14 bits per heavy atom. The summed E-state index contributed by atoms with van der Waals surface area (Å²) < 4.78 is 12.9. The molecule has 3 aromatic rings. The zero-order valence-corrected chi connectivity index (χ0v) is 11.6. The molecule has 3 rings (SSSR count). The number of rotatable bonds is 3. The van der Waals surface area contributed by atoms with E-state index in [9.17, 15) is 9.18 Å². The van der Waals surface area contributed by atoms with Crippen LogP contribution >= 0.6 is 11.3 Å². The molecule has 0 aliphatic rings. The van der Waals surface area contributed by atoms with Crippen molar-refractivity contribution in [2.75, 3.05) is 5.32 Å². The Labute approximate surface area is 124 Å². The van der Waals surface area contributed by atoms with Crippen LogP contribution in [0.5, 0.6) is 0 Å². The fourth-order valence-corrected chi connectivity index (χ4v) is 2.39. The number of nitrogens with one attached hydrogen (secondary N) is 1. The number of carbonyl (C=O) groups is 1. The van der Waals surface area contributed by atoms with Crippen LogP contribution < -0.4 is 5.32 Å². The monoisotopic (exact) mass is 299 g/mol. The van der Waals surface area contributed by atoms with E-state index in [1.54, 1.807) is 36.5 Å². The second-order valence-corrected chi connectivity index (χ2v) is 5.15. The maximum absolute atomic E-state index is 12.9. The largest absolute Gasteiger partial charge is 0.290 e. The first-order valence-electron chi connectivity index (χ1n) is 6.16. The van der Waals surface area contributed by atoms with Gasteiger partial charge in [-0.25, -0.2) is 14.4 Å². The molecule has 0 saturated heterocycles. The van der Waals surface area contributed by atoms with Crippen LogP contribution in [-0.4, -0.2) is 15.9 Å². The molecule has 1 N–H and O–H groups in total. The van der Waals surface area contributed by atoms with Gasteiger partial charge in [-0.2, -0.15) is 0 Å². The van der Waals surface area contributed by atoms with E-state index in [2.05, 4.69) is 15.3 Å². The van der Waals surface area contributed by atoms with Crippen LogP contribution in [0.15, 0.2) is 54.0 Å². The van der Waals surface area contributed by atoms with Crippen LogP contribution in [0.2, 0.25) is 0 Å². The second kappa shape index (κ2) is 5.80. The van der Waals surface area contributed by atoms with Crippen molar-refractivity contribution in [3.63, 3.8) is 0 Å². The molecule has 0 fully saturated rings. The molecule has 0 aliphatic heterocycles. The zero-order valence-electron chi connectivity index (χ0n) is 10.8. The van der Waals surface area contributed by atoms with Crippen molar-refractivity contribution in [1.82, 2.24) is 9.97 Å². The molecule has 0 atom stereocenters. The summed E-state index contributed by atoms with van der Waals surface area (Å²) in [5.41, 5.74) is 1.37. The summed E-state index contributed by atoms with van der Waals surface area (Å²) in [6, 6.07) is 11.2. The summed E-state index contributed by atoms with van der Waals surface area (Å²) in [6.07, 6.45) is 1.55. The lowest BCUT2D eigenvalue weighted by molar-refractivity contribution is 0.102. The molecule has 0 aliphatic carbocycles. The highest BCUT2D eigenvalue weighted by atomic mass is 32.1. The van der Waals surface area contributed by atoms with Crippen molar-refractivity contribution >= 4 is 23.2 Å². The smallest absolute Gasteiger partial charge is 0.268 e. The number of anilines is 1. The minimum absolute atomic E-state index is 0.218. The maximum Gasteiger partial charge on any atom is 0.268 e. The van der Waals surface area contributed by atoms with E-state index in [0.29, 0.717) is 10.6 Å². The number of thiophene rings is 1. The Hall–Kier alpha value is -2.60. The molecule has 0 bridgehead atoms. The number of hydrogen-bond donors (Lipinski definition) is 1. The average molecular weight is 299 g/mol. The topological polar surface area (TPSA) is 54.9 Å². The summed E-state index contributed by atoms with van der Waals surface area (Å²) in [4.78, 5) is 20.8. The Kier molecular flexibility index (Phi) is 3.70. The van der Waals surface area contributed by atoms with E-state index < -0.39 is 0 Å².